The lowest BCUT2D eigenvalue weighted by Gasteiger charge is -2.10. The van der Waals surface area contributed by atoms with Gasteiger partial charge in [0.1, 0.15) is 5.82 Å². The summed E-state index contributed by atoms with van der Waals surface area (Å²) in [5.74, 6) is 0.609. The van der Waals surface area contributed by atoms with Crippen molar-refractivity contribution in [2.24, 2.45) is 5.73 Å². The predicted octanol–water partition coefficient (Wildman–Crippen LogP) is 4.97. The SMILES string of the molecule is CCCCc1cc(NC(=O)Nc2ccc(Cl)cc2)n(-c2ccc(CN)cc2)n1. The van der Waals surface area contributed by atoms with Crippen molar-refractivity contribution in [3.63, 3.8) is 0 Å². The highest BCUT2D eigenvalue weighted by atomic mass is 35.5. The third-order valence-corrected chi connectivity index (χ3v) is 4.56. The van der Waals surface area contributed by atoms with Crippen molar-refractivity contribution in [3.05, 3.63) is 70.9 Å². The van der Waals surface area contributed by atoms with Crippen LogP contribution in [0.1, 0.15) is 31.0 Å². The molecule has 2 aromatic carbocycles. The molecule has 3 rings (SSSR count). The first-order chi connectivity index (χ1) is 13.6. The average Bonchev–Trinajstić information content (AvgIpc) is 3.10. The molecule has 0 aliphatic heterocycles. The highest BCUT2D eigenvalue weighted by molar-refractivity contribution is 6.30. The zero-order valence-electron chi connectivity index (χ0n) is 15.8. The zero-order chi connectivity index (χ0) is 19.9. The second-order valence-electron chi connectivity index (χ2n) is 6.49. The van der Waals surface area contributed by atoms with Crippen LogP contribution in [0.3, 0.4) is 0 Å². The van der Waals surface area contributed by atoms with Gasteiger partial charge in [-0.3, -0.25) is 5.32 Å². The van der Waals surface area contributed by atoms with Gasteiger partial charge in [0.2, 0.25) is 0 Å². The molecule has 7 heteroatoms. The maximum Gasteiger partial charge on any atom is 0.324 e. The van der Waals surface area contributed by atoms with Gasteiger partial charge in [0.25, 0.3) is 0 Å². The number of amides is 2. The Morgan fingerprint density at radius 2 is 1.82 bits per heavy atom. The van der Waals surface area contributed by atoms with Crippen molar-refractivity contribution in [3.8, 4) is 5.69 Å². The summed E-state index contributed by atoms with van der Waals surface area (Å²) >= 11 is 5.88. The van der Waals surface area contributed by atoms with E-state index in [2.05, 4.69) is 22.7 Å². The Hall–Kier alpha value is -2.83. The molecule has 0 bridgehead atoms. The maximum absolute atomic E-state index is 12.5. The van der Waals surface area contributed by atoms with Crippen LogP contribution >= 0.6 is 11.6 Å². The van der Waals surface area contributed by atoms with E-state index in [0.29, 0.717) is 23.1 Å². The molecule has 1 heterocycles. The number of nitrogens with two attached hydrogens (primary N) is 1. The molecule has 1 aromatic heterocycles. The van der Waals surface area contributed by atoms with Gasteiger partial charge >= 0.3 is 6.03 Å². The van der Waals surface area contributed by atoms with E-state index >= 15 is 0 Å². The van der Waals surface area contributed by atoms with E-state index in [1.165, 1.54) is 0 Å². The first kappa shape index (κ1) is 19.9. The van der Waals surface area contributed by atoms with Gasteiger partial charge in [0, 0.05) is 23.3 Å². The molecule has 0 aliphatic carbocycles. The van der Waals surface area contributed by atoms with E-state index in [-0.39, 0.29) is 6.03 Å². The Labute approximate surface area is 169 Å². The normalized spacial score (nSPS) is 10.7. The molecular formula is C21H24ClN5O. The first-order valence-corrected chi connectivity index (χ1v) is 9.68. The molecule has 0 saturated heterocycles. The molecule has 0 radical (unpaired) electrons. The molecule has 0 spiro atoms. The molecule has 2 amide bonds. The van der Waals surface area contributed by atoms with Crippen LogP contribution in [-0.4, -0.2) is 15.8 Å². The molecule has 6 nitrogen and oxygen atoms in total. The molecule has 3 aromatic rings. The predicted molar refractivity (Wildman–Crippen MR) is 114 cm³/mol. The summed E-state index contributed by atoms with van der Waals surface area (Å²) in [7, 11) is 0. The molecule has 0 saturated carbocycles. The number of aryl methyl sites for hydroxylation is 1. The van der Waals surface area contributed by atoms with Crippen molar-refractivity contribution in [2.75, 3.05) is 10.6 Å². The highest BCUT2D eigenvalue weighted by Gasteiger charge is 2.13. The Morgan fingerprint density at radius 3 is 2.46 bits per heavy atom. The van der Waals surface area contributed by atoms with Crippen LogP contribution in [0.15, 0.2) is 54.6 Å². The van der Waals surface area contributed by atoms with E-state index in [1.54, 1.807) is 28.9 Å². The van der Waals surface area contributed by atoms with Gasteiger partial charge in [0.05, 0.1) is 11.4 Å². The highest BCUT2D eigenvalue weighted by Crippen LogP contribution is 2.20. The minimum atomic E-state index is -0.343. The summed E-state index contributed by atoms with van der Waals surface area (Å²) in [6.07, 6.45) is 2.98. The molecule has 28 heavy (non-hydrogen) atoms. The number of aromatic nitrogens is 2. The molecule has 0 fully saturated rings. The van der Waals surface area contributed by atoms with Crippen LogP contribution in [0.25, 0.3) is 5.69 Å². The number of urea groups is 1. The van der Waals surface area contributed by atoms with E-state index in [1.807, 2.05) is 30.3 Å². The smallest absolute Gasteiger partial charge is 0.324 e. The first-order valence-electron chi connectivity index (χ1n) is 9.31. The van der Waals surface area contributed by atoms with Gasteiger partial charge in [-0.1, -0.05) is 37.1 Å². The third-order valence-electron chi connectivity index (χ3n) is 4.31. The number of nitrogens with one attached hydrogen (secondary N) is 2. The quantitative estimate of drug-likeness (QED) is 0.526. The lowest BCUT2D eigenvalue weighted by Crippen LogP contribution is -2.21. The Bertz CT molecular complexity index is 919. The van der Waals surface area contributed by atoms with E-state index in [9.17, 15) is 4.79 Å². The van der Waals surface area contributed by atoms with Gasteiger partial charge < -0.3 is 11.1 Å². The van der Waals surface area contributed by atoms with Gasteiger partial charge in [-0.15, -0.1) is 0 Å². The van der Waals surface area contributed by atoms with E-state index < -0.39 is 0 Å². The molecule has 0 atom stereocenters. The van der Waals surface area contributed by atoms with Gasteiger partial charge in [-0.05, 0) is 54.8 Å². The fraction of sp³-hybridized carbons (Fsp3) is 0.238. The second kappa shape index (κ2) is 9.39. The monoisotopic (exact) mass is 397 g/mol. The van der Waals surface area contributed by atoms with E-state index in [0.717, 1.165) is 36.2 Å². The number of carbonyl (C=O) groups excluding carboxylic acids is 1. The Kier molecular flexibility index (Phi) is 6.68. The standard InChI is InChI=1S/C21H24ClN5O/c1-2-3-4-18-13-20(25-21(28)24-17-9-7-16(22)8-10-17)27(26-18)19-11-5-15(14-23)6-12-19/h5-13H,2-4,14,23H2,1H3,(H2,24,25,28). The number of carbonyl (C=O) groups is 1. The largest absolute Gasteiger partial charge is 0.326 e. The van der Waals surface area contributed by atoms with Gasteiger partial charge in [-0.2, -0.15) is 5.10 Å². The zero-order valence-corrected chi connectivity index (χ0v) is 16.5. The number of hydrogen-bond donors (Lipinski definition) is 3. The topological polar surface area (TPSA) is 85.0 Å². The summed E-state index contributed by atoms with van der Waals surface area (Å²) in [5.41, 5.74) is 9.18. The number of benzene rings is 2. The van der Waals surface area contributed by atoms with Gasteiger partial charge in [-0.25, -0.2) is 9.48 Å². The number of unbranched alkanes of at least 4 members (excludes halogenated alkanes) is 1. The van der Waals surface area contributed by atoms with Crippen molar-refractivity contribution < 1.29 is 4.79 Å². The molecule has 146 valence electrons. The Morgan fingerprint density at radius 1 is 1.11 bits per heavy atom. The molecule has 0 aliphatic rings. The van der Waals surface area contributed by atoms with Crippen molar-refractivity contribution in [2.45, 2.75) is 32.7 Å². The van der Waals surface area contributed by atoms with Crippen LogP contribution in [0.2, 0.25) is 5.02 Å². The maximum atomic E-state index is 12.5. The fourth-order valence-electron chi connectivity index (χ4n) is 2.78. The van der Waals surface area contributed by atoms with Gasteiger partial charge in [0.15, 0.2) is 0 Å². The lowest BCUT2D eigenvalue weighted by molar-refractivity contribution is 0.262. The minimum Gasteiger partial charge on any atom is -0.326 e. The van der Waals surface area contributed by atoms with Crippen molar-refractivity contribution in [1.29, 1.82) is 0 Å². The second-order valence-corrected chi connectivity index (χ2v) is 6.93. The molecular weight excluding hydrogens is 374 g/mol. The van der Waals surface area contributed by atoms with Crippen LogP contribution in [-0.2, 0) is 13.0 Å². The number of nitrogens with zero attached hydrogens (tertiary/aromatic N) is 2. The average molecular weight is 398 g/mol. The van der Waals surface area contributed by atoms with Crippen LogP contribution in [0.5, 0.6) is 0 Å². The molecule has 4 N–H and O–H groups in total. The number of anilines is 2. The summed E-state index contributed by atoms with van der Waals surface area (Å²) < 4.78 is 1.74. The summed E-state index contributed by atoms with van der Waals surface area (Å²) in [4.78, 5) is 12.5. The number of halogens is 1. The van der Waals surface area contributed by atoms with Crippen LogP contribution in [0.4, 0.5) is 16.3 Å². The summed E-state index contributed by atoms with van der Waals surface area (Å²) in [6.45, 7) is 2.62. The minimum absolute atomic E-state index is 0.343. The summed E-state index contributed by atoms with van der Waals surface area (Å²) in [5, 5.41) is 11.0. The van der Waals surface area contributed by atoms with Crippen molar-refractivity contribution in [1.82, 2.24) is 9.78 Å². The molecule has 0 unspecified atom stereocenters. The Balaban J connectivity index is 1.81. The number of rotatable bonds is 7. The number of hydrogen-bond acceptors (Lipinski definition) is 3. The lowest BCUT2D eigenvalue weighted by atomic mass is 10.2. The fourth-order valence-corrected chi connectivity index (χ4v) is 2.91. The van der Waals surface area contributed by atoms with Crippen LogP contribution in [0, 0.1) is 0 Å². The van der Waals surface area contributed by atoms with Crippen molar-refractivity contribution >= 4 is 29.1 Å². The van der Waals surface area contributed by atoms with Crippen LogP contribution < -0.4 is 16.4 Å². The van der Waals surface area contributed by atoms with E-state index in [4.69, 9.17) is 17.3 Å². The third kappa shape index (κ3) is 5.12. The summed E-state index contributed by atoms with van der Waals surface area (Å²) in [6, 6.07) is 16.3.